The molecule has 0 spiro atoms. The van der Waals surface area contributed by atoms with Gasteiger partial charge in [-0.1, -0.05) is 30.3 Å². The minimum absolute atomic E-state index is 0.197. The molecule has 0 aliphatic carbocycles. The first-order chi connectivity index (χ1) is 7.59. The van der Waals surface area contributed by atoms with Gasteiger partial charge in [-0.25, -0.2) is 4.79 Å². The van der Waals surface area contributed by atoms with Crippen LogP contribution in [0.4, 0.5) is 0 Å². The smallest absolute Gasteiger partial charge is 0.372 e. The summed E-state index contributed by atoms with van der Waals surface area (Å²) < 4.78 is 0. The zero-order valence-corrected chi connectivity index (χ0v) is 8.68. The van der Waals surface area contributed by atoms with Gasteiger partial charge in [0.2, 0.25) is 5.78 Å². The molecule has 16 heavy (non-hydrogen) atoms. The summed E-state index contributed by atoms with van der Waals surface area (Å²) >= 11 is 0. The number of Topliss-reactive ketones (excluding diaryl/α,β-unsaturated/α-hetero) is 2. The number of carbonyl (C=O) groups is 3. The Balaban J connectivity index is 2.36. The molecule has 84 valence electrons. The van der Waals surface area contributed by atoms with Gasteiger partial charge in [0.05, 0.1) is 6.42 Å². The normalized spacial score (nSPS) is 9.75. The molecule has 0 saturated carbocycles. The van der Waals surface area contributed by atoms with Gasteiger partial charge >= 0.3 is 5.97 Å². The number of benzene rings is 1. The van der Waals surface area contributed by atoms with E-state index in [9.17, 15) is 14.4 Å². The third-order valence-electron chi connectivity index (χ3n) is 2.13. The lowest BCUT2D eigenvalue weighted by molar-refractivity contribution is -0.150. The Labute approximate surface area is 92.9 Å². The molecule has 1 rings (SSSR count). The van der Waals surface area contributed by atoms with Crippen molar-refractivity contribution in [3.05, 3.63) is 35.9 Å². The molecule has 0 aliphatic rings. The van der Waals surface area contributed by atoms with E-state index in [0.717, 1.165) is 5.56 Å². The molecule has 0 amide bonds. The number of carboxylic acids is 1. The van der Waals surface area contributed by atoms with Crippen LogP contribution in [0.3, 0.4) is 0 Å². The highest BCUT2D eigenvalue weighted by atomic mass is 16.4. The molecule has 1 aromatic rings. The Morgan fingerprint density at radius 3 is 2.25 bits per heavy atom. The molecule has 0 fully saturated rings. The molecule has 4 heteroatoms. The maximum Gasteiger partial charge on any atom is 0.372 e. The van der Waals surface area contributed by atoms with E-state index in [2.05, 4.69) is 0 Å². The maximum atomic E-state index is 11.2. The van der Waals surface area contributed by atoms with Gasteiger partial charge in [0.1, 0.15) is 5.78 Å². The highest BCUT2D eigenvalue weighted by Gasteiger charge is 2.15. The molecular weight excluding hydrogens is 208 g/mol. The fourth-order valence-corrected chi connectivity index (χ4v) is 1.27. The number of carbonyl (C=O) groups excluding carboxylic acids is 2. The van der Waals surface area contributed by atoms with Gasteiger partial charge in [-0.3, -0.25) is 9.59 Å². The Bertz CT molecular complexity index is 395. The Kier molecular flexibility index (Phi) is 4.39. The Morgan fingerprint density at radius 2 is 1.69 bits per heavy atom. The summed E-state index contributed by atoms with van der Waals surface area (Å²) in [5, 5.41) is 8.31. The van der Waals surface area contributed by atoms with Crippen molar-refractivity contribution in [2.75, 3.05) is 0 Å². The maximum absolute atomic E-state index is 11.2. The molecule has 0 heterocycles. The minimum Gasteiger partial charge on any atom is -0.475 e. The number of hydrogen-bond acceptors (Lipinski definition) is 3. The molecule has 0 radical (unpaired) electrons. The molecule has 0 unspecified atom stereocenters. The van der Waals surface area contributed by atoms with E-state index in [1.54, 1.807) is 0 Å². The predicted molar refractivity (Wildman–Crippen MR) is 57.0 cm³/mol. The SMILES string of the molecule is O=C(CCc1ccccc1)CC(=O)C(=O)O. The fourth-order valence-electron chi connectivity index (χ4n) is 1.27. The highest BCUT2D eigenvalue weighted by molar-refractivity contribution is 6.36. The van der Waals surface area contributed by atoms with Crippen molar-refractivity contribution in [1.82, 2.24) is 0 Å². The number of aliphatic carboxylic acids is 1. The van der Waals surface area contributed by atoms with Crippen LogP contribution in [0.1, 0.15) is 18.4 Å². The summed E-state index contributed by atoms with van der Waals surface area (Å²) in [6, 6.07) is 9.36. The summed E-state index contributed by atoms with van der Waals surface area (Å²) in [6.45, 7) is 0. The van der Waals surface area contributed by atoms with Crippen LogP contribution in [0.2, 0.25) is 0 Å². The van der Waals surface area contributed by atoms with E-state index >= 15 is 0 Å². The van der Waals surface area contributed by atoms with E-state index < -0.39 is 18.2 Å². The van der Waals surface area contributed by atoms with Gasteiger partial charge in [0, 0.05) is 6.42 Å². The summed E-state index contributed by atoms with van der Waals surface area (Å²) in [5.74, 6) is -2.93. The molecule has 0 aliphatic heterocycles. The average Bonchev–Trinajstić information content (AvgIpc) is 2.27. The van der Waals surface area contributed by atoms with Crippen LogP contribution < -0.4 is 0 Å². The van der Waals surface area contributed by atoms with Crippen molar-refractivity contribution in [2.45, 2.75) is 19.3 Å². The molecule has 0 saturated heterocycles. The molecule has 1 N–H and O–H groups in total. The van der Waals surface area contributed by atoms with Crippen molar-refractivity contribution in [3.8, 4) is 0 Å². The second kappa shape index (κ2) is 5.80. The monoisotopic (exact) mass is 220 g/mol. The van der Waals surface area contributed by atoms with E-state index in [1.807, 2.05) is 30.3 Å². The van der Waals surface area contributed by atoms with Crippen molar-refractivity contribution in [1.29, 1.82) is 0 Å². The largest absolute Gasteiger partial charge is 0.475 e. The average molecular weight is 220 g/mol. The van der Waals surface area contributed by atoms with Crippen LogP contribution >= 0.6 is 0 Å². The number of ketones is 2. The zero-order valence-electron chi connectivity index (χ0n) is 8.68. The van der Waals surface area contributed by atoms with Crippen LogP contribution in [-0.2, 0) is 20.8 Å². The van der Waals surface area contributed by atoms with E-state index in [4.69, 9.17) is 5.11 Å². The van der Waals surface area contributed by atoms with Crippen LogP contribution in [0.5, 0.6) is 0 Å². The van der Waals surface area contributed by atoms with E-state index in [-0.39, 0.29) is 12.2 Å². The van der Waals surface area contributed by atoms with Crippen LogP contribution in [0.25, 0.3) is 0 Å². The van der Waals surface area contributed by atoms with Crippen molar-refractivity contribution >= 4 is 17.5 Å². The summed E-state index contributed by atoms with van der Waals surface area (Å²) in [4.78, 5) is 32.2. The zero-order chi connectivity index (χ0) is 12.0. The van der Waals surface area contributed by atoms with Gasteiger partial charge in [-0.05, 0) is 12.0 Å². The number of carboxylic acid groups (broad SMARTS) is 1. The second-order valence-corrected chi connectivity index (χ2v) is 3.43. The third kappa shape index (κ3) is 4.04. The fraction of sp³-hybridized carbons (Fsp3) is 0.250. The lowest BCUT2D eigenvalue weighted by Gasteiger charge is -1.99. The van der Waals surface area contributed by atoms with Crippen LogP contribution in [-0.4, -0.2) is 22.6 Å². The van der Waals surface area contributed by atoms with E-state index in [1.165, 1.54) is 0 Å². The molecule has 4 nitrogen and oxygen atoms in total. The Hall–Kier alpha value is -1.97. The minimum atomic E-state index is -1.55. The van der Waals surface area contributed by atoms with Gasteiger partial charge in [-0.2, -0.15) is 0 Å². The topological polar surface area (TPSA) is 71.4 Å². The van der Waals surface area contributed by atoms with Crippen molar-refractivity contribution in [3.63, 3.8) is 0 Å². The summed E-state index contributed by atoms with van der Waals surface area (Å²) in [6.07, 6.45) is 0.220. The first-order valence-corrected chi connectivity index (χ1v) is 4.91. The second-order valence-electron chi connectivity index (χ2n) is 3.43. The first-order valence-electron chi connectivity index (χ1n) is 4.91. The number of aryl methyl sites for hydroxylation is 1. The number of rotatable bonds is 6. The molecular formula is C12H12O4. The molecule has 1 aromatic carbocycles. The quantitative estimate of drug-likeness (QED) is 0.578. The third-order valence-corrected chi connectivity index (χ3v) is 2.13. The summed E-state index contributed by atoms with van der Waals surface area (Å²) in [7, 11) is 0. The first kappa shape index (κ1) is 12.1. The van der Waals surface area contributed by atoms with Crippen LogP contribution in [0.15, 0.2) is 30.3 Å². The van der Waals surface area contributed by atoms with Gasteiger partial charge in [0.15, 0.2) is 0 Å². The van der Waals surface area contributed by atoms with Gasteiger partial charge < -0.3 is 5.11 Å². The Morgan fingerprint density at radius 1 is 1.06 bits per heavy atom. The standard InChI is InChI=1S/C12H12O4/c13-10(8-11(14)12(15)16)7-6-9-4-2-1-3-5-9/h1-5H,6-8H2,(H,15,16). The van der Waals surface area contributed by atoms with Crippen LogP contribution in [0, 0.1) is 0 Å². The molecule has 0 aromatic heterocycles. The highest BCUT2D eigenvalue weighted by Crippen LogP contribution is 2.04. The lowest BCUT2D eigenvalue weighted by Crippen LogP contribution is -2.17. The van der Waals surface area contributed by atoms with Gasteiger partial charge in [-0.15, -0.1) is 0 Å². The van der Waals surface area contributed by atoms with Crippen molar-refractivity contribution < 1.29 is 19.5 Å². The lowest BCUT2D eigenvalue weighted by atomic mass is 10.0. The predicted octanol–water partition coefficient (Wildman–Crippen LogP) is 1.23. The van der Waals surface area contributed by atoms with Gasteiger partial charge in [0.25, 0.3) is 0 Å². The van der Waals surface area contributed by atoms with E-state index in [0.29, 0.717) is 6.42 Å². The molecule has 0 bridgehead atoms. The summed E-state index contributed by atoms with van der Waals surface area (Å²) in [5.41, 5.74) is 0.999. The number of hydrogen-bond donors (Lipinski definition) is 1. The van der Waals surface area contributed by atoms with Crippen molar-refractivity contribution in [2.24, 2.45) is 0 Å². The molecule has 0 atom stereocenters.